The Balaban J connectivity index is 1.52. The second kappa shape index (κ2) is 9.34. The molecule has 2 aliphatic rings. The van der Waals surface area contributed by atoms with Crippen LogP contribution in [0, 0.1) is 0 Å². The van der Waals surface area contributed by atoms with Crippen LogP contribution in [0.5, 0.6) is 17.5 Å². The van der Waals surface area contributed by atoms with Crippen LogP contribution in [0.25, 0.3) is 27.8 Å². The number of hydrogen-bond acceptors (Lipinski definition) is 7. The van der Waals surface area contributed by atoms with Gasteiger partial charge in [0.25, 0.3) is 5.56 Å². The first-order valence-corrected chi connectivity index (χ1v) is 12.2. The van der Waals surface area contributed by atoms with Crippen LogP contribution in [-0.4, -0.2) is 46.9 Å². The van der Waals surface area contributed by atoms with E-state index >= 15 is 0 Å². The maximum Gasteiger partial charge on any atom is 0.387 e. The Hall–Kier alpha value is -4.21. The Morgan fingerprint density at radius 1 is 1.16 bits per heavy atom. The summed E-state index contributed by atoms with van der Waals surface area (Å²) in [4.78, 5) is 25.1. The number of anilines is 1. The van der Waals surface area contributed by atoms with Crippen molar-refractivity contribution in [2.45, 2.75) is 32.4 Å². The summed E-state index contributed by atoms with van der Waals surface area (Å²) in [6.45, 7) is 0.855. The van der Waals surface area contributed by atoms with Gasteiger partial charge in [0, 0.05) is 23.7 Å². The van der Waals surface area contributed by atoms with Gasteiger partial charge in [-0.2, -0.15) is 13.8 Å². The number of nitrogens with zero attached hydrogens (tertiary/aromatic N) is 4. The fraction of sp³-hybridized carbons (Fsp3) is 0.296. The summed E-state index contributed by atoms with van der Waals surface area (Å²) in [5, 5.41) is 0.624. The van der Waals surface area contributed by atoms with Crippen molar-refractivity contribution in [1.29, 1.82) is 0 Å². The minimum atomic E-state index is -2.94. The van der Waals surface area contributed by atoms with E-state index in [0.29, 0.717) is 41.5 Å². The van der Waals surface area contributed by atoms with E-state index in [2.05, 4.69) is 19.6 Å². The second-order valence-corrected chi connectivity index (χ2v) is 8.92. The van der Waals surface area contributed by atoms with Gasteiger partial charge in [-0.25, -0.2) is 4.98 Å². The Kier molecular flexibility index (Phi) is 5.86. The molecule has 0 saturated carbocycles. The van der Waals surface area contributed by atoms with Crippen molar-refractivity contribution in [3.8, 4) is 34.3 Å². The van der Waals surface area contributed by atoms with E-state index in [0.717, 1.165) is 36.4 Å². The Labute approximate surface area is 211 Å². The summed E-state index contributed by atoms with van der Waals surface area (Å²) in [6, 6.07) is 13.9. The monoisotopic (exact) mass is 506 g/mol. The lowest BCUT2D eigenvalue weighted by molar-refractivity contribution is -0.0498. The van der Waals surface area contributed by atoms with Gasteiger partial charge in [-0.3, -0.25) is 9.36 Å². The topological polar surface area (TPSA) is 78.7 Å². The molecule has 2 aromatic heterocycles. The lowest BCUT2D eigenvalue weighted by atomic mass is 10.0. The predicted octanol–water partition coefficient (Wildman–Crippen LogP) is 4.81. The number of rotatable bonds is 6. The fourth-order valence-corrected chi connectivity index (χ4v) is 5.05. The Bertz CT molecular complexity index is 1520. The van der Waals surface area contributed by atoms with Crippen LogP contribution in [0.3, 0.4) is 0 Å². The molecule has 6 rings (SSSR count). The first-order valence-electron chi connectivity index (χ1n) is 12.2. The molecule has 4 aromatic rings. The highest BCUT2D eigenvalue weighted by Crippen LogP contribution is 2.40. The summed E-state index contributed by atoms with van der Waals surface area (Å²) in [5.41, 5.74) is 2.65. The van der Waals surface area contributed by atoms with Gasteiger partial charge in [0.15, 0.2) is 5.65 Å². The molecule has 2 aromatic carbocycles. The second-order valence-electron chi connectivity index (χ2n) is 8.92. The van der Waals surface area contributed by atoms with E-state index in [1.165, 1.54) is 16.7 Å². The van der Waals surface area contributed by atoms with Gasteiger partial charge in [-0.1, -0.05) is 6.07 Å². The highest BCUT2D eigenvalue weighted by molar-refractivity contribution is 5.84. The van der Waals surface area contributed by atoms with E-state index in [1.807, 2.05) is 25.1 Å². The molecule has 190 valence electrons. The van der Waals surface area contributed by atoms with Gasteiger partial charge in [-0.15, -0.1) is 0 Å². The summed E-state index contributed by atoms with van der Waals surface area (Å²) in [6.07, 6.45) is 3.79. The maximum atomic E-state index is 14.0. The number of pyridine rings is 1. The molecule has 4 heterocycles. The lowest BCUT2D eigenvalue weighted by Crippen LogP contribution is -2.38. The van der Waals surface area contributed by atoms with Crippen LogP contribution in [0.1, 0.15) is 19.8 Å². The summed E-state index contributed by atoms with van der Waals surface area (Å²) in [7, 11) is 0. The smallest absolute Gasteiger partial charge is 0.387 e. The number of aromatic nitrogens is 3. The molecule has 37 heavy (non-hydrogen) atoms. The molecule has 0 radical (unpaired) electrons. The average molecular weight is 507 g/mol. The average Bonchev–Trinajstić information content (AvgIpc) is 3.38. The number of ether oxygens (including phenoxy) is 3. The van der Waals surface area contributed by atoms with Crippen molar-refractivity contribution in [1.82, 2.24) is 14.5 Å². The molecular formula is C27H24F2N4O4. The van der Waals surface area contributed by atoms with Crippen LogP contribution in [0.15, 0.2) is 59.5 Å². The van der Waals surface area contributed by atoms with Gasteiger partial charge in [0.05, 0.1) is 24.0 Å². The van der Waals surface area contributed by atoms with Gasteiger partial charge in [0.2, 0.25) is 0 Å². The maximum absolute atomic E-state index is 14.0. The molecule has 1 fully saturated rings. The molecule has 10 heteroatoms. The number of fused-ring (bicyclic) bond motifs is 4. The molecule has 0 N–H and O–H groups in total. The molecular weight excluding hydrogens is 482 g/mol. The molecule has 1 atom stereocenters. The molecule has 1 saturated heterocycles. The molecule has 0 spiro atoms. The third kappa shape index (κ3) is 4.22. The highest BCUT2D eigenvalue weighted by Gasteiger charge is 2.31. The van der Waals surface area contributed by atoms with E-state index in [1.54, 1.807) is 24.4 Å². The van der Waals surface area contributed by atoms with Crippen molar-refractivity contribution in [3.63, 3.8) is 0 Å². The number of benzene rings is 2. The third-order valence-corrected chi connectivity index (χ3v) is 6.70. The zero-order valence-corrected chi connectivity index (χ0v) is 20.1. The number of hydrogen-bond donors (Lipinski definition) is 0. The highest BCUT2D eigenvalue weighted by atomic mass is 19.3. The lowest BCUT2D eigenvalue weighted by Gasteiger charge is -2.33. The van der Waals surface area contributed by atoms with E-state index in [-0.39, 0.29) is 17.3 Å². The first kappa shape index (κ1) is 23.2. The normalized spacial score (nSPS) is 16.4. The van der Waals surface area contributed by atoms with E-state index in [9.17, 15) is 13.6 Å². The Morgan fingerprint density at radius 2 is 2.00 bits per heavy atom. The van der Waals surface area contributed by atoms with E-state index in [4.69, 9.17) is 9.47 Å². The molecule has 8 nitrogen and oxygen atoms in total. The van der Waals surface area contributed by atoms with Crippen molar-refractivity contribution < 1.29 is 23.0 Å². The largest absolute Gasteiger partial charge is 0.489 e. The first-order chi connectivity index (χ1) is 18.0. The van der Waals surface area contributed by atoms with Crippen molar-refractivity contribution in [2.24, 2.45) is 0 Å². The molecule has 0 aliphatic carbocycles. The van der Waals surface area contributed by atoms with Gasteiger partial charge >= 0.3 is 12.6 Å². The molecule has 0 bridgehead atoms. The van der Waals surface area contributed by atoms with Crippen LogP contribution < -0.4 is 24.7 Å². The minimum Gasteiger partial charge on any atom is -0.489 e. The SMILES string of the molecule is CCOc1ncc2cc(-c3ccc4c(c3)N3CCCC3CO4)c(=O)n(-c3ccc(OC(F)F)cc3)c2n1. The van der Waals surface area contributed by atoms with Crippen LogP contribution in [0.2, 0.25) is 0 Å². The summed E-state index contributed by atoms with van der Waals surface area (Å²) >= 11 is 0. The van der Waals surface area contributed by atoms with Crippen LogP contribution in [-0.2, 0) is 0 Å². The predicted molar refractivity (Wildman–Crippen MR) is 134 cm³/mol. The molecule has 2 aliphatic heterocycles. The standard InChI is InChI=1S/C27H24F2N4O4/c1-2-35-27-30-14-17-12-21(16-5-10-23-22(13-16)32-11-3-4-19(32)15-36-23)25(34)33(24(17)31-27)18-6-8-20(9-7-18)37-26(28)29/h5-10,12-14,19,26H,2-4,11,15H2,1H3. The zero-order valence-electron chi connectivity index (χ0n) is 20.1. The van der Waals surface area contributed by atoms with Gasteiger partial charge in [0.1, 0.15) is 18.1 Å². The summed E-state index contributed by atoms with van der Waals surface area (Å²) < 4.78 is 42.7. The van der Waals surface area contributed by atoms with Crippen molar-refractivity contribution in [2.75, 3.05) is 24.7 Å². The van der Waals surface area contributed by atoms with Gasteiger partial charge < -0.3 is 19.1 Å². The summed E-state index contributed by atoms with van der Waals surface area (Å²) in [5.74, 6) is 0.800. The fourth-order valence-electron chi connectivity index (χ4n) is 5.05. The Morgan fingerprint density at radius 3 is 2.78 bits per heavy atom. The third-order valence-electron chi connectivity index (χ3n) is 6.70. The van der Waals surface area contributed by atoms with Crippen LogP contribution in [0.4, 0.5) is 14.5 Å². The van der Waals surface area contributed by atoms with Gasteiger partial charge in [-0.05, 0) is 67.8 Å². The number of halogens is 2. The van der Waals surface area contributed by atoms with E-state index < -0.39 is 6.61 Å². The number of alkyl halides is 2. The van der Waals surface area contributed by atoms with Crippen molar-refractivity contribution in [3.05, 3.63) is 65.1 Å². The zero-order chi connectivity index (χ0) is 25.5. The van der Waals surface area contributed by atoms with Crippen molar-refractivity contribution >= 4 is 16.7 Å². The molecule has 1 unspecified atom stereocenters. The quantitative estimate of drug-likeness (QED) is 0.371. The van der Waals surface area contributed by atoms with Crippen LogP contribution >= 0.6 is 0 Å². The minimum absolute atomic E-state index is 0.00764. The molecule has 0 amide bonds.